The number of rotatable bonds is 3. The van der Waals surface area contributed by atoms with E-state index in [1.165, 1.54) is 12.4 Å². The quantitative estimate of drug-likeness (QED) is 0.771. The van der Waals surface area contributed by atoms with Crippen LogP contribution in [0.15, 0.2) is 43.2 Å². The fourth-order valence-electron chi connectivity index (χ4n) is 3.05. The van der Waals surface area contributed by atoms with Gasteiger partial charge in [-0.2, -0.15) is 5.10 Å². The lowest BCUT2D eigenvalue weighted by molar-refractivity contribution is 0.0927. The molecule has 4 rings (SSSR count). The number of fused-ring (bicyclic) bond motifs is 1. The van der Waals surface area contributed by atoms with Crippen LogP contribution in [0.2, 0.25) is 0 Å². The van der Waals surface area contributed by atoms with Gasteiger partial charge in [-0.25, -0.2) is 14.5 Å². The standard InChI is InChI=1S/C16H17N7O/c24-16(13-10-17-5-6-18-13)21-12-2-1-8-22(11-12)15-14-3-4-20-23(14)9-7-19-15/h3-7,9-10,12H,1-2,8,11H2,(H,21,24). The van der Waals surface area contributed by atoms with Gasteiger partial charge in [-0.05, 0) is 18.9 Å². The Hall–Kier alpha value is -3.03. The summed E-state index contributed by atoms with van der Waals surface area (Å²) in [6.07, 6.45) is 11.8. The number of nitrogens with zero attached hydrogens (tertiary/aromatic N) is 6. The van der Waals surface area contributed by atoms with Gasteiger partial charge in [-0.1, -0.05) is 0 Å². The number of carbonyl (C=O) groups excluding carboxylic acids is 1. The normalized spacial score (nSPS) is 17.8. The molecule has 0 aromatic carbocycles. The Labute approximate surface area is 138 Å². The summed E-state index contributed by atoms with van der Waals surface area (Å²) < 4.78 is 1.81. The number of anilines is 1. The van der Waals surface area contributed by atoms with Crippen molar-refractivity contribution in [3.05, 3.63) is 48.9 Å². The van der Waals surface area contributed by atoms with Gasteiger partial charge in [-0.3, -0.25) is 9.78 Å². The predicted octanol–water partition coefficient (Wildman–Crippen LogP) is 0.918. The molecule has 3 aromatic rings. The topological polar surface area (TPSA) is 88.3 Å². The fourth-order valence-corrected chi connectivity index (χ4v) is 3.05. The molecule has 0 bridgehead atoms. The van der Waals surface area contributed by atoms with E-state index < -0.39 is 0 Å². The number of amides is 1. The van der Waals surface area contributed by atoms with E-state index in [4.69, 9.17) is 0 Å². The van der Waals surface area contributed by atoms with E-state index in [0.717, 1.165) is 30.7 Å². The number of nitrogens with one attached hydrogen (secondary N) is 1. The first-order valence-corrected chi connectivity index (χ1v) is 7.91. The zero-order chi connectivity index (χ0) is 16.4. The lowest BCUT2D eigenvalue weighted by Crippen LogP contribution is -2.48. The molecule has 1 atom stereocenters. The number of carbonyl (C=O) groups is 1. The summed E-state index contributed by atoms with van der Waals surface area (Å²) in [5.41, 5.74) is 1.31. The Kier molecular flexibility index (Phi) is 3.78. The third-order valence-corrected chi connectivity index (χ3v) is 4.16. The molecule has 24 heavy (non-hydrogen) atoms. The molecule has 1 unspecified atom stereocenters. The highest BCUT2D eigenvalue weighted by Gasteiger charge is 2.24. The fraction of sp³-hybridized carbons (Fsp3) is 0.312. The molecular formula is C16H17N7O. The smallest absolute Gasteiger partial charge is 0.271 e. The van der Waals surface area contributed by atoms with Gasteiger partial charge in [0.2, 0.25) is 0 Å². The second-order valence-electron chi connectivity index (χ2n) is 5.76. The highest BCUT2D eigenvalue weighted by atomic mass is 16.2. The van der Waals surface area contributed by atoms with Gasteiger partial charge in [0.1, 0.15) is 11.2 Å². The predicted molar refractivity (Wildman–Crippen MR) is 87.7 cm³/mol. The molecule has 0 spiro atoms. The highest BCUT2D eigenvalue weighted by molar-refractivity contribution is 5.92. The van der Waals surface area contributed by atoms with Crippen LogP contribution in [0, 0.1) is 0 Å². The van der Waals surface area contributed by atoms with E-state index >= 15 is 0 Å². The molecule has 1 aliphatic rings. The molecule has 0 radical (unpaired) electrons. The van der Waals surface area contributed by atoms with Gasteiger partial charge in [-0.15, -0.1) is 0 Å². The lowest BCUT2D eigenvalue weighted by Gasteiger charge is -2.34. The SMILES string of the molecule is O=C(NC1CCCN(c2nccn3nccc23)C1)c1cnccn1. The molecular weight excluding hydrogens is 306 g/mol. The van der Waals surface area contributed by atoms with Crippen molar-refractivity contribution in [2.75, 3.05) is 18.0 Å². The largest absolute Gasteiger partial charge is 0.353 e. The number of hydrogen-bond acceptors (Lipinski definition) is 6. The van der Waals surface area contributed by atoms with Crippen molar-refractivity contribution >= 4 is 17.2 Å². The van der Waals surface area contributed by atoms with Crippen molar-refractivity contribution in [1.82, 2.24) is 29.9 Å². The Bertz CT molecular complexity index is 848. The minimum absolute atomic E-state index is 0.0539. The van der Waals surface area contributed by atoms with Crippen LogP contribution in [0.5, 0.6) is 0 Å². The van der Waals surface area contributed by atoms with Gasteiger partial charge >= 0.3 is 0 Å². The van der Waals surface area contributed by atoms with Crippen molar-refractivity contribution < 1.29 is 4.79 Å². The average Bonchev–Trinajstić information content (AvgIpc) is 3.11. The zero-order valence-electron chi connectivity index (χ0n) is 13.0. The molecule has 1 fully saturated rings. The molecule has 3 aromatic heterocycles. The van der Waals surface area contributed by atoms with Crippen LogP contribution >= 0.6 is 0 Å². The van der Waals surface area contributed by atoms with E-state index in [1.807, 2.05) is 16.8 Å². The van der Waals surface area contributed by atoms with Crippen molar-refractivity contribution in [2.45, 2.75) is 18.9 Å². The summed E-state index contributed by atoms with van der Waals surface area (Å²) in [6.45, 7) is 1.62. The maximum atomic E-state index is 12.3. The summed E-state index contributed by atoms with van der Waals surface area (Å²) in [4.78, 5) is 26.9. The van der Waals surface area contributed by atoms with E-state index in [1.54, 1.807) is 18.6 Å². The number of piperidine rings is 1. The van der Waals surface area contributed by atoms with E-state index in [0.29, 0.717) is 12.2 Å². The van der Waals surface area contributed by atoms with Gasteiger partial charge in [0, 0.05) is 43.9 Å². The second kappa shape index (κ2) is 6.23. The number of hydrogen-bond donors (Lipinski definition) is 1. The summed E-state index contributed by atoms with van der Waals surface area (Å²) in [5.74, 6) is 0.707. The molecule has 0 aliphatic carbocycles. The third kappa shape index (κ3) is 2.78. The minimum Gasteiger partial charge on any atom is -0.353 e. The first kappa shape index (κ1) is 14.6. The Morgan fingerprint density at radius 3 is 3.04 bits per heavy atom. The molecule has 1 aliphatic heterocycles. The van der Waals surface area contributed by atoms with Gasteiger partial charge in [0.05, 0.1) is 12.4 Å². The molecule has 8 nitrogen and oxygen atoms in total. The first-order valence-electron chi connectivity index (χ1n) is 7.91. The van der Waals surface area contributed by atoms with Crippen LogP contribution in [-0.4, -0.2) is 49.6 Å². The van der Waals surface area contributed by atoms with Crippen molar-refractivity contribution in [1.29, 1.82) is 0 Å². The minimum atomic E-state index is -0.189. The average molecular weight is 323 g/mol. The summed E-state index contributed by atoms with van der Waals surface area (Å²) in [7, 11) is 0. The van der Waals surface area contributed by atoms with Crippen molar-refractivity contribution in [3.63, 3.8) is 0 Å². The first-order chi connectivity index (χ1) is 11.8. The van der Waals surface area contributed by atoms with Gasteiger partial charge in [0.15, 0.2) is 5.82 Å². The van der Waals surface area contributed by atoms with Crippen LogP contribution < -0.4 is 10.2 Å². The van der Waals surface area contributed by atoms with Crippen LogP contribution in [0.25, 0.3) is 5.52 Å². The monoisotopic (exact) mass is 323 g/mol. The number of aromatic nitrogens is 5. The van der Waals surface area contributed by atoms with E-state index in [-0.39, 0.29) is 11.9 Å². The van der Waals surface area contributed by atoms with Gasteiger partial charge in [0.25, 0.3) is 5.91 Å². The van der Waals surface area contributed by atoms with Crippen molar-refractivity contribution in [3.8, 4) is 0 Å². The summed E-state index contributed by atoms with van der Waals surface area (Å²) >= 11 is 0. The maximum absolute atomic E-state index is 12.3. The molecule has 1 amide bonds. The molecule has 1 N–H and O–H groups in total. The van der Waals surface area contributed by atoms with E-state index in [9.17, 15) is 4.79 Å². The van der Waals surface area contributed by atoms with E-state index in [2.05, 4.69) is 30.3 Å². The lowest BCUT2D eigenvalue weighted by atomic mass is 10.1. The van der Waals surface area contributed by atoms with Crippen LogP contribution in [0.4, 0.5) is 5.82 Å². The molecule has 8 heteroatoms. The third-order valence-electron chi connectivity index (χ3n) is 4.16. The van der Waals surface area contributed by atoms with Crippen LogP contribution in [-0.2, 0) is 0 Å². The summed E-state index contributed by atoms with van der Waals surface area (Å²) in [6, 6.07) is 2.00. The van der Waals surface area contributed by atoms with Crippen LogP contribution in [0.1, 0.15) is 23.3 Å². The van der Waals surface area contributed by atoms with Crippen LogP contribution in [0.3, 0.4) is 0 Å². The Morgan fingerprint density at radius 1 is 1.21 bits per heavy atom. The second-order valence-corrected chi connectivity index (χ2v) is 5.76. The van der Waals surface area contributed by atoms with Gasteiger partial charge < -0.3 is 10.2 Å². The molecule has 4 heterocycles. The Morgan fingerprint density at radius 2 is 2.17 bits per heavy atom. The molecule has 1 saturated heterocycles. The molecule has 122 valence electrons. The maximum Gasteiger partial charge on any atom is 0.271 e. The molecule has 0 saturated carbocycles. The highest BCUT2D eigenvalue weighted by Crippen LogP contribution is 2.22. The van der Waals surface area contributed by atoms with Crippen molar-refractivity contribution in [2.24, 2.45) is 0 Å². The summed E-state index contributed by atoms with van der Waals surface area (Å²) in [5, 5.41) is 7.29. The zero-order valence-corrected chi connectivity index (χ0v) is 13.0. The Balaban J connectivity index is 1.50.